The zero-order valence-electron chi connectivity index (χ0n) is 24.4. The first-order valence-electron chi connectivity index (χ1n) is 14.7. The fourth-order valence-corrected chi connectivity index (χ4v) is 6.84. The second-order valence-corrected chi connectivity index (χ2v) is 13.7. The van der Waals surface area contributed by atoms with E-state index in [1.165, 1.54) is 35.3 Å². The van der Waals surface area contributed by atoms with Crippen molar-refractivity contribution in [2.75, 3.05) is 42.5 Å². The predicted octanol–water partition coefficient (Wildman–Crippen LogP) is 6.63. The summed E-state index contributed by atoms with van der Waals surface area (Å²) < 4.78 is 25.5. The van der Waals surface area contributed by atoms with Gasteiger partial charge in [-0.05, 0) is 68.0 Å². The van der Waals surface area contributed by atoms with Gasteiger partial charge < -0.3 is 10.2 Å². The second-order valence-electron chi connectivity index (χ2n) is 11.1. The summed E-state index contributed by atoms with van der Waals surface area (Å²) >= 11 is 1.38. The number of nitrogens with zero attached hydrogens (tertiary/aromatic N) is 2. The molecule has 1 unspecified atom stereocenters. The van der Waals surface area contributed by atoms with Gasteiger partial charge in [0.1, 0.15) is 0 Å². The first-order valence-corrected chi connectivity index (χ1v) is 17.5. The summed E-state index contributed by atoms with van der Waals surface area (Å²) in [5, 5.41) is 8.97. The van der Waals surface area contributed by atoms with Crippen molar-refractivity contribution in [1.82, 2.24) is 15.2 Å². The molecule has 4 aromatic rings. The Morgan fingerprint density at radius 2 is 1.67 bits per heavy atom. The highest BCUT2D eigenvalue weighted by molar-refractivity contribution is 7.92. The Bertz CT molecular complexity index is 1520. The lowest BCUT2D eigenvalue weighted by atomic mass is 9.88. The molecule has 226 valence electrons. The van der Waals surface area contributed by atoms with Crippen molar-refractivity contribution < 1.29 is 13.2 Å². The van der Waals surface area contributed by atoms with Crippen LogP contribution in [-0.2, 0) is 10.0 Å². The third kappa shape index (κ3) is 9.13. The Labute approximate surface area is 258 Å². The lowest BCUT2D eigenvalue weighted by Gasteiger charge is -2.29. The number of hydrogen-bond donors (Lipinski definition) is 3. The van der Waals surface area contributed by atoms with Gasteiger partial charge in [-0.15, -0.1) is 11.3 Å². The van der Waals surface area contributed by atoms with Crippen molar-refractivity contribution >= 4 is 38.2 Å². The average molecular weight is 618 g/mol. The Hall–Kier alpha value is -3.73. The smallest absolute Gasteiger partial charge is 0.323 e. The maximum absolute atomic E-state index is 13.7. The fourth-order valence-electron chi connectivity index (χ4n) is 5.56. The van der Waals surface area contributed by atoms with E-state index in [0.29, 0.717) is 29.8 Å². The summed E-state index contributed by atoms with van der Waals surface area (Å²) in [5.74, 6) is 0.746. The highest BCUT2D eigenvalue weighted by Gasteiger charge is 2.22. The molecule has 1 fully saturated rings. The number of anilines is 2. The van der Waals surface area contributed by atoms with E-state index in [1.54, 1.807) is 12.1 Å². The molecule has 43 heavy (non-hydrogen) atoms. The van der Waals surface area contributed by atoms with E-state index in [1.807, 2.05) is 34.5 Å². The van der Waals surface area contributed by atoms with Crippen LogP contribution in [0.25, 0.3) is 11.3 Å². The van der Waals surface area contributed by atoms with E-state index in [-0.39, 0.29) is 11.9 Å². The molecule has 0 aliphatic carbocycles. The lowest BCUT2D eigenvalue weighted by Crippen LogP contribution is -2.39. The van der Waals surface area contributed by atoms with Gasteiger partial charge in [-0.2, -0.15) is 0 Å². The predicted molar refractivity (Wildman–Crippen MR) is 176 cm³/mol. The Morgan fingerprint density at radius 1 is 1.00 bits per heavy atom. The number of urea groups is 1. The number of rotatable bonds is 12. The van der Waals surface area contributed by atoms with E-state index in [0.717, 1.165) is 43.4 Å². The van der Waals surface area contributed by atoms with Crippen LogP contribution in [0.2, 0.25) is 0 Å². The van der Waals surface area contributed by atoms with Crippen LogP contribution >= 0.6 is 11.3 Å². The SMILES string of the molecule is CS(=O)(=O)Nc1ccc(-c2csc(NC(=O)N(CCC3CCCNC3)CCC(c3ccccc3)c3ccccc3)n2)cc1. The maximum Gasteiger partial charge on any atom is 0.323 e. The summed E-state index contributed by atoms with van der Waals surface area (Å²) in [5.41, 5.74) is 4.54. The summed E-state index contributed by atoms with van der Waals surface area (Å²) in [6.07, 6.45) is 5.25. The average Bonchev–Trinajstić information content (AvgIpc) is 3.48. The van der Waals surface area contributed by atoms with Gasteiger partial charge in [0.05, 0.1) is 11.9 Å². The van der Waals surface area contributed by atoms with Crippen molar-refractivity contribution in [3.63, 3.8) is 0 Å². The number of thiazole rings is 1. The van der Waals surface area contributed by atoms with Gasteiger partial charge in [0.25, 0.3) is 0 Å². The van der Waals surface area contributed by atoms with Crippen LogP contribution in [-0.4, -0.2) is 56.8 Å². The molecule has 1 atom stereocenters. The topological polar surface area (TPSA) is 103 Å². The van der Waals surface area contributed by atoms with Crippen LogP contribution in [0.1, 0.15) is 42.7 Å². The molecule has 3 aromatic carbocycles. The van der Waals surface area contributed by atoms with E-state index in [9.17, 15) is 13.2 Å². The highest BCUT2D eigenvalue weighted by atomic mass is 32.2. The molecule has 0 spiro atoms. The van der Waals surface area contributed by atoms with Gasteiger partial charge in [-0.3, -0.25) is 10.0 Å². The van der Waals surface area contributed by atoms with Crippen molar-refractivity contribution in [1.29, 1.82) is 0 Å². The van der Waals surface area contributed by atoms with E-state index in [4.69, 9.17) is 0 Å². The summed E-state index contributed by atoms with van der Waals surface area (Å²) in [7, 11) is -3.35. The van der Waals surface area contributed by atoms with Crippen molar-refractivity contribution in [3.8, 4) is 11.3 Å². The standard InChI is InChI=1S/C33H39N5O3S2/c1-43(40,41)37-29-16-14-28(15-17-29)31-24-42-32(35-31)36-33(39)38(21-18-25-9-8-20-34-23-25)22-19-30(26-10-4-2-5-11-26)27-12-6-3-7-13-27/h2-7,10-17,24-25,30,34,37H,8-9,18-23H2,1H3,(H,35,36,39). The number of nitrogens with one attached hydrogen (secondary N) is 3. The van der Waals surface area contributed by atoms with Gasteiger partial charge in [0, 0.05) is 35.6 Å². The largest absolute Gasteiger partial charge is 0.324 e. The minimum Gasteiger partial charge on any atom is -0.324 e. The number of benzene rings is 3. The Morgan fingerprint density at radius 3 is 2.28 bits per heavy atom. The van der Waals surface area contributed by atoms with Gasteiger partial charge in [-0.1, -0.05) is 72.8 Å². The number of carbonyl (C=O) groups is 1. The monoisotopic (exact) mass is 617 g/mol. The van der Waals surface area contributed by atoms with Gasteiger partial charge in [-0.25, -0.2) is 18.2 Å². The quantitative estimate of drug-likeness (QED) is 0.166. The molecule has 2 heterocycles. The molecule has 3 N–H and O–H groups in total. The number of amides is 2. The van der Waals surface area contributed by atoms with Crippen molar-refractivity contribution in [2.24, 2.45) is 5.92 Å². The van der Waals surface area contributed by atoms with Gasteiger partial charge >= 0.3 is 6.03 Å². The number of carbonyl (C=O) groups excluding carboxylic acids is 1. The maximum atomic E-state index is 13.7. The molecule has 5 rings (SSSR count). The fraction of sp³-hybridized carbons (Fsp3) is 0.333. The molecular weight excluding hydrogens is 579 g/mol. The van der Waals surface area contributed by atoms with Crippen LogP contribution < -0.4 is 15.4 Å². The van der Waals surface area contributed by atoms with E-state index in [2.05, 4.69) is 68.9 Å². The molecule has 10 heteroatoms. The normalized spacial score (nSPS) is 15.3. The van der Waals surface area contributed by atoms with Crippen LogP contribution in [0.4, 0.5) is 15.6 Å². The minimum atomic E-state index is -3.35. The zero-order chi connectivity index (χ0) is 30.1. The third-order valence-electron chi connectivity index (χ3n) is 7.79. The first-order chi connectivity index (χ1) is 20.8. The Kier molecular flexibility index (Phi) is 10.5. The molecule has 0 bridgehead atoms. The van der Waals surface area contributed by atoms with Crippen LogP contribution in [0, 0.1) is 5.92 Å². The summed E-state index contributed by atoms with van der Waals surface area (Å²) in [6, 6.07) is 27.9. The van der Waals surface area contributed by atoms with E-state index < -0.39 is 10.0 Å². The number of hydrogen-bond acceptors (Lipinski definition) is 6. The highest BCUT2D eigenvalue weighted by Crippen LogP contribution is 2.30. The third-order valence-corrected chi connectivity index (χ3v) is 9.15. The lowest BCUT2D eigenvalue weighted by molar-refractivity contribution is 0.202. The summed E-state index contributed by atoms with van der Waals surface area (Å²) in [6.45, 7) is 3.37. The number of piperidine rings is 1. The number of sulfonamides is 1. The molecular formula is C33H39N5O3S2. The van der Waals surface area contributed by atoms with E-state index >= 15 is 0 Å². The van der Waals surface area contributed by atoms with Crippen molar-refractivity contribution in [3.05, 3.63) is 101 Å². The second kappa shape index (κ2) is 14.6. The molecule has 0 saturated carbocycles. The molecule has 1 aliphatic rings. The molecule has 8 nitrogen and oxygen atoms in total. The summed E-state index contributed by atoms with van der Waals surface area (Å²) in [4.78, 5) is 20.3. The molecule has 1 aliphatic heterocycles. The molecule has 1 saturated heterocycles. The zero-order valence-corrected chi connectivity index (χ0v) is 26.0. The molecule has 0 radical (unpaired) electrons. The number of aromatic nitrogens is 1. The van der Waals surface area contributed by atoms with Crippen molar-refractivity contribution in [2.45, 2.75) is 31.6 Å². The molecule has 1 aromatic heterocycles. The Balaban J connectivity index is 1.29. The van der Waals surface area contributed by atoms with Crippen LogP contribution in [0.5, 0.6) is 0 Å². The van der Waals surface area contributed by atoms with Gasteiger partial charge in [0.15, 0.2) is 5.13 Å². The van der Waals surface area contributed by atoms with Crippen LogP contribution in [0.15, 0.2) is 90.3 Å². The first kappa shape index (κ1) is 30.7. The van der Waals surface area contributed by atoms with Gasteiger partial charge in [0.2, 0.25) is 10.0 Å². The minimum absolute atomic E-state index is 0.141. The van der Waals surface area contributed by atoms with Crippen LogP contribution in [0.3, 0.4) is 0 Å². The molecule has 2 amide bonds.